The molecule has 0 aliphatic carbocycles. The molecule has 1 aliphatic heterocycles. The predicted octanol–water partition coefficient (Wildman–Crippen LogP) is 3.30. The summed E-state index contributed by atoms with van der Waals surface area (Å²) in [6.07, 6.45) is 2.28. The zero-order chi connectivity index (χ0) is 18.3. The first-order valence-electron chi connectivity index (χ1n) is 8.49. The Morgan fingerprint density at radius 2 is 1.96 bits per heavy atom. The Bertz CT molecular complexity index is 1020. The molecule has 1 fully saturated rings. The number of fused-ring (bicyclic) bond motifs is 1. The number of nitrogens with one attached hydrogen (secondary N) is 1. The van der Waals surface area contributed by atoms with E-state index in [0.717, 1.165) is 18.5 Å². The van der Waals surface area contributed by atoms with E-state index in [1.807, 2.05) is 24.3 Å². The minimum absolute atomic E-state index is 0.0184. The second-order valence-corrected chi connectivity index (χ2v) is 6.40. The van der Waals surface area contributed by atoms with Crippen molar-refractivity contribution in [1.29, 1.82) is 0 Å². The molecule has 0 bridgehead atoms. The fourth-order valence-electron chi connectivity index (χ4n) is 3.46. The van der Waals surface area contributed by atoms with Gasteiger partial charge >= 0.3 is 0 Å². The zero-order valence-corrected chi connectivity index (χ0v) is 14.3. The van der Waals surface area contributed by atoms with Crippen LogP contribution in [-0.4, -0.2) is 23.9 Å². The summed E-state index contributed by atoms with van der Waals surface area (Å²) in [6.45, 7) is 1.03. The molecular weight excluding hydrogens is 334 g/mol. The minimum atomic E-state index is -0.426. The summed E-state index contributed by atoms with van der Waals surface area (Å²) >= 11 is 0. The Balaban J connectivity index is 1.79. The van der Waals surface area contributed by atoms with Crippen molar-refractivity contribution in [3.05, 3.63) is 52.2 Å². The highest BCUT2D eigenvalue weighted by molar-refractivity contribution is 5.89. The van der Waals surface area contributed by atoms with Gasteiger partial charge in [-0.3, -0.25) is 4.79 Å². The minimum Gasteiger partial charge on any atom is -0.504 e. The summed E-state index contributed by atoms with van der Waals surface area (Å²) < 4.78 is 10.7. The first-order valence-corrected chi connectivity index (χ1v) is 8.49. The molecule has 2 heterocycles. The van der Waals surface area contributed by atoms with Crippen molar-refractivity contribution in [3.63, 3.8) is 0 Å². The van der Waals surface area contributed by atoms with Crippen LogP contribution in [0.3, 0.4) is 0 Å². The fraction of sp³-hybridized carbons (Fsp3) is 0.250. The molecule has 0 saturated carbocycles. The average Bonchev–Trinajstić information content (AvgIpc) is 3.16. The number of hydrogen-bond donors (Lipinski definition) is 3. The lowest BCUT2D eigenvalue weighted by atomic mass is 10.0. The van der Waals surface area contributed by atoms with Crippen LogP contribution in [0.5, 0.6) is 17.2 Å². The third-order valence-corrected chi connectivity index (χ3v) is 4.79. The quantitative estimate of drug-likeness (QED) is 0.669. The molecule has 3 N–H and O–H groups in total. The van der Waals surface area contributed by atoms with E-state index in [1.165, 1.54) is 31.2 Å². The third kappa shape index (κ3) is 2.68. The summed E-state index contributed by atoms with van der Waals surface area (Å²) in [5.41, 5.74) is 1.65. The Labute approximate surface area is 149 Å². The lowest BCUT2D eigenvalue weighted by Crippen LogP contribution is -2.12. The molecule has 6 nitrogen and oxygen atoms in total. The SMILES string of the molecule is COc1c(O)cc2oc(-c3ccc(C4CCCN4)cc3)cc(=O)c2c1O. The van der Waals surface area contributed by atoms with E-state index in [-0.39, 0.29) is 22.5 Å². The molecule has 3 aromatic rings. The lowest BCUT2D eigenvalue weighted by molar-refractivity contribution is 0.346. The first-order chi connectivity index (χ1) is 12.6. The molecule has 134 valence electrons. The van der Waals surface area contributed by atoms with Gasteiger partial charge in [0.1, 0.15) is 16.7 Å². The number of methoxy groups -OCH3 is 1. The van der Waals surface area contributed by atoms with E-state index in [4.69, 9.17) is 9.15 Å². The molecule has 0 amide bonds. The highest BCUT2D eigenvalue weighted by Crippen LogP contribution is 2.41. The number of phenols is 2. The van der Waals surface area contributed by atoms with Gasteiger partial charge in [-0.15, -0.1) is 0 Å². The number of aromatic hydroxyl groups is 2. The number of ether oxygens (including phenoxy) is 1. The Morgan fingerprint density at radius 3 is 2.62 bits per heavy atom. The van der Waals surface area contributed by atoms with Crippen LogP contribution in [-0.2, 0) is 0 Å². The Morgan fingerprint density at radius 1 is 1.19 bits per heavy atom. The van der Waals surface area contributed by atoms with Gasteiger partial charge in [0.2, 0.25) is 5.75 Å². The number of phenolic OH excluding ortho intramolecular Hbond substituents is 2. The molecule has 0 radical (unpaired) electrons. The molecule has 1 atom stereocenters. The monoisotopic (exact) mass is 353 g/mol. The summed E-state index contributed by atoms with van der Waals surface area (Å²) in [4.78, 5) is 12.5. The normalized spacial score (nSPS) is 16.9. The van der Waals surface area contributed by atoms with Crippen molar-refractivity contribution >= 4 is 11.0 Å². The molecule has 2 aromatic carbocycles. The standard InChI is InChI=1S/C20H19NO5/c1-25-20-15(23)10-17-18(19(20)24)14(22)9-16(26-17)12-6-4-11(5-7-12)13-3-2-8-21-13/h4-7,9-10,13,21,23-24H,2-3,8H2,1H3. The Hall–Kier alpha value is -2.99. The largest absolute Gasteiger partial charge is 0.504 e. The smallest absolute Gasteiger partial charge is 0.203 e. The van der Waals surface area contributed by atoms with E-state index in [0.29, 0.717) is 11.8 Å². The maximum Gasteiger partial charge on any atom is 0.203 e. The Kier molecular flexibility index (Phi) is 4.05. The average molecular weight is 353 g/mol. The molecule has 0 spiro atoms. The van der Waals surface area contributed by atoms with Crippen LogP contribution in [0, 0.1) is 0 Å². The molecule has 26 heavy (non-hydrogen) atoms. The topological polar surface area (TPSA) is 91.9 Å². The van der Waals surface area contributed by atoms with Crippen molar-refractivity contribution in [2.24, 2.45) is 0 Å². The van der Waals surface area contributed by atoms with Crippen molar-refractivity contribution in [2.45, 2.75) is 18.9 Å². The summed E-state index contributed by atoms with van der Waals surface area (Å²) in [7, 11) is 1.30. The van der Waals surface area contributed by atoms with Crippen molar-refractivity contribution < 1.29 is 19.4 Å². The van der Waals surface area contributed by atoms with Gasteiger partial charge in [-0.2, -0.15) is 0 Å². The maximum atomic E-state index is 12.5. The van der Waals surface area contributed by atoms with Gasteiger partial charge in [0.15, 0.2) is 16.9 Å². The number of rotatable bonds is 3. The third-order valence-electron chi connectivity index (χ3n) is 4.79. The van der Waals surface area contributed by atoms with E-state index < -0.39 is 11.2 Å². The zero-order valence-electron chi connectivity index (χ0n) is 14.3. The second kappa shape index (κ2) is 6.38. The predicted molar refractivity (Wildman–Crippen MR) is 97.8 cm³/mol. The van der Waals surface area contributed by atoms with Crippen LogP contribution in [0.2, 0.25) is 0 Å². The molecule has 6 heteroatoms. The molecule has 1 aliphatic rings. The fourth-order valence-corrected chi connectivity index (χ4v) is 3.46. The van der Waals surface area contributed by atoms with Crippen LogP contribution < -0.4 is 15.5 Å². The summed E-state index contributed by atoms with van der Waals surface area (Å²) in [5, 5.41) is 23.6. The molecular formula is C20H19NO5. The highest BCUT2D eigenvalue weighted by atomic mass is 16.5. The van der Waals surface area contributed by atoms with Crippen molar-refractivity contribution in [2.75, 3.05) is 13.7 Å². The highest BCUT2D eigenvalue weighted by Gasteiger charge is 2.19. The van der Waals surface area contributed by atoms with Gasteiger partial charge < -0.3 is 24.7 Å². The molecule has 1 aromatic heterocycles. The number of benzene rings is 2. The van der Waals surface area contributed by atoms with Gasteiger partial charge in [0, 0.05) is 23.7 Å². The molecule has 4 rings (SSSR count). The van der Waals surface area contributed by atoms with Crippen LogP contribution in [0.1, 0.15) is 24.4 Å². The van der Waals surface area contributed by atoms with Gasteiger partial charge in [0.05, 0.1) is 7.11 Å². The van der Waals surface area contributed by atoms with Crippen LogP contribution >= 0.6 is 0 Å². The van der Waals surface area contributed by atoms with E-state index >= 15 is 0 Å². The van der Waals surface area contributed by atoms with Crippen LogP contribution in [0.15, 0.2) is 45.6 Å². The van der Waals surface area contributed by atoms with E-state index in [9.17, 15) is 15.0 Å². The van der Waals surface area contributed by atoms with Gasteiger partial charge in [-0.1, -0.05) is 24.3 Å². The summed E-state index contributed by atoms with van der Waals surface area (Å²) in [5.74, 6) is -0.491. The molecule has 1 saturated heterocycles. The first kappa shape index (κ1) is 16.5. The second-order valence-electron chi connectivity index (χ2n) is 6.40. The lowest BCUT2D eigenvalue weighted by Gasteiger charge is -2.12. The van der Waals surface area contributed by atoms with Crippen molar-refractivity contribution in [3.8, 4) is 28.6 Å². The van der Waals surface area contributed by atoms with E-state index in [2.05, 4.69) is 5.32 Å². The maximum absolute atomic E-state index is 12.5. The van der Waals surface area contributed by atoms with E-state index in [1.54, 1.807) is 0 Å². The van der Waals surface area contributed by atoms with Crippen LogP contribution in [0.25, 0.3) is 22.3 Å². The van der Waals surface area contributed by atoms with Gasteiger partial charge in [0.25, 0.3) is 0 Å². The summed E-state index contributed by atoms with van der Waals surface area (Å²) in [6, 6.07) is 10.8. The number of hydrogen-bond acceptors (Lipinski definition) is 6. The van der Waals surface area contributed by atoms with Crippen molar-refractivity contribution in [1.82, 2.24) is 5.32 Å². The van der Waals surface area contributed by atoms with Gasteiger partial charge in [-0.05, 0) is 24.9 Å². The van der Waals surface area contributed by atoms with Gasteiger partial charge in [-0.25, -0.2) is 0 Å². The van der Waals surface area contributed by atoms with Crippen LogP contribution in [0.4, 0.5) is 0 Å². The molecule has 1 unspecified atom stereocenters.